The van der Waals surface area contributed by atoms with Gasteiger partial charge in [-0.05, 0) is 131 Å². The fourth-order valence-corrected chi connectivity index (χ4v) is 20.9. The predicted octanol–water partition coefficient (Wildman–Crippen LogP) is 8.05. The van der Waals surface area contributed by atoms with Gasteiger partial charge in [-0.2, -0.15) is 0 Å². The Hall–Kier alpha value is -8.45. The summed E-state index contributed by atoms with van der Waals surface area (Å²) in [6, 6.07) is -10.8. The molecule has 3 unspecified atom stereocenters. The number of carboxylic acid groups (broad SMARTS) is 1. The molecule has 0 aromatic rings. The lowest BCUT2D eigenvalue weighted by Crippen LogP contribution is -2.63. The highest BCUT2D eigenvalue weighted by Crippen LogP contribution is 2.67. The van der Waals surface area contributed by atoms with Crippen LogP contribution in [0, 0.1) is 78.8 Å². The first-order valence-electron chi connectivity index (χ1n) is 45.7. The molecule has 9 rings (SSSR count). The number of hydrogen-bond acceptors (Lipinski definition) is 18. The molecular formula is C92H154N14O18. The largest absolute Gasteiger partial charge is 0.483 e. The number of nitrogens with two attached hydrogens (primary N) is 4. The van der Waals surface area contributed by atoms with Crippen LogP contribution in [0.2, 0.25) is 0 Å². The van der Waals surface area contributed by atoms with Crippen LogP contribution >= 0.6 is 0 Å². The maximum absolute atomic E-state index is 14.5. The van der Waals surface area contributed by atoms with Gasteiger partial charge in [0.15, 0.2) is 11.6 Å². The van der Waals surface area contributed by atoms with E-state index in [1.54, 1.807) is 14.7 Å². The number of rotatable bonds is 12. The molecule has 32 heteroatoms. The fraction of sp³-hybridized carbons (Fsp3) is 0.815. The van der Waals surface area contributed by atoms with Gasteiger partial charge in [-0.3, -0.25) is 71.9 Å². The van der Waals surface area contributed by atoms with Gasteiger partial charge >= 0.3 is 12.1 Å². The summed E-state index contributed by atoms with van der Waals surface area (Å²) in [4.78, 5) is 222. The minimum absolute atomic E-state index is 0.0168. The molecule has 0 aromatic heterocycles. The molecule has 13 amide bonds. The summed E-state index contributed by atoms with van der Waals surface area (Å²) in [5, 5.41) is 26.6. The molecule has 0 aromatic carbocycles. The lowest BCUT2D eigenvalue weighted by atomic mass is 9.78. The van der Waals surface area contributed by atoms with E-state index < -0.39 is 147 Å². The molecule has 3 aliphatic carbocycles. The lowest BCUT2D eigenvalue weighted by molar-refractivity contribution is -0.145. The summed E-state index contributed by atoms with van der Waals surface area (Å²) in [5.41, 5.74) is 19.2. The van der Waals surface area contributed by atoms with E-state index in [1.165, 1.54) is 13.8 Å². The lowest BCUT2D eigenvalue weighted by Gasteiger charge is -2.40. The standard InChI is InChI=1S/2C33H55N5O6.C25H42N4O4.CH2O2/c2*1-19(39)25(31(2,3)4)36-30(44)37-26-29(43)38-18-20-22(33(20,7)8)23(38)28(42)35-21(24(40)27(34)41)16-14-12-10-9-11-13-15-17-32(26,5)6;1-24(2)13-11-9-7-5-6-8-10-12-16(19(30)21(27)31)28-22(32)18-17-15(25(17,3)4)14-29(18)23(33)20(24)26;2-1-3/h2*20-23,25-26H,9-18H2,1-8H3,(H2,34,41)(H,35,42)(H2,36,37,44);15-18,20H,5-14,26H2,1-4H3,(H2,27,31)(H,28,32);1H,(H,2,3)/t2*20?,21-,22-,23-,25+,26+;15?,16-,17-,18-,20+;/m000./s1. The highest BCUT2D eigenvalue weighted by Gasteiger charge is 2.73. The number of carbonyl (C=O) groups is 17. The number of hydrogen-bond donors (Lipinski definition) is 12. The van der Waals surface area contributed by atoms with Gasteiger partial charge in [0.2, 0.25) is 52.8 Å². The predicted molar refractivity (Wildman–Crippen MR) is 469 cm³/mol. The second-order valence-electron chi connectivity index (χ2n) is 43.0. The molecule has 0 bridgehead atoms. The van der Waals surface area contributed by atoms with E-state index in [0.717, 1.165) is 128 Å². The number of ketones is 5. The molecule has 0 spiro atoms. The Morgan fingerprint density at radius 2 is 0.621 bits per heavy atom. The van der Waals surface area contributed by atoms with Crippen LogP contribution in [-0.2, 0) is 71.9 Å². The zero-order valence-electron chi connectivity index (χ0n) is 78.1. The smallest absolute Gasteiger partial charge is 0.316 e. The van der Waals surface area contributed by atoms with Gasteiger partial charge in [-0.15, -0.1) is 0 Å². The summed E-state index contributed by atoms with van der Waals surface area (Å²) in [5.74, 6) is -8.20. The number of nitrogens with zero attached hydrogens (tertiary/aromatic N) is 3. The molecule has 124 heavy (non-hydrogen) atoms. The average Bonchev–Trinajstić information content (AvgIpc) is 1.54. The molecular weight excluding hydrogens is 1590 g/mol. The fourth-order valence-electron chi connectivity index (χ4n) is 20.9. The minimum atomic E-state index is -1.10. The van der Waals surface area contributed by atoms with Crippen LogP contribution in [0.5, 0.6) is 0 Å². The normalized spacial score (nSPS) is 30.8. The molecule has 6 saturated heterocycles. The summed E-state index contributed by atoms with van der Waals surface area (Å²) in [6.45, 7) is 39.3. The van der Waals surface area contributed by atoms with Crippen LogP contribution in [0.15, 0.2) is 0 Å². The van der Waals surface area contributed by atoms with Crippen LogP contribution in [0.4, 0.5) is 9.59 Å². The first-order chi connectivity index (χ1) is 57.4. The van der Waals surface area contributed by atoms with E-state index in [-0.39, 0.29) is 98.8 Å². The van der Waals surface area contributed by atoms with Crippen molar-refractivity contribution in [2.24, 2.45) is 102 Å². The molecule has 9 aliphatic rings. The van der Waals surface area contributed by atoms with Crippen molar-refractivity contribution in [3.63, 3.8) is 0 Å². The third kappa shape index (κ3) is 26.1. The molecule has 700 valence electrons. The van der Waals surface area contributed by atoms with E-state index in [2.05, 4.69) is 78.8 Å². The summed E-state index contributed by atoms with van der Waals surface area (Å²) >= 11 is 0. The first-order valence-corrected chi connectivity index (χ1v) is 45.7. The van der Waals surface area contributed by atoms with Gasteiger partial charge in [0.05, 0.1) is 36.3 Å². The number of carbonyl (C=O) groups excluding carboxylic acids is 16. The maximum Gasteiger partial charge on any atom is 0.316 e. The van der Waals surface area contributed by atoms with Crippen molar-refractivity contribution in [2.75, 3.05) is 19.6 Å². The van der Waals surface area contributed by atoms with Crippen molar-refractivity contribution >= 4 is 101 Å². The summed E-state index contributed by atoms with van der Waals surface area (Å²) in [6.07, 6.45) is 23.0. The van der Waals surface area contributed by atoms with Crippen LogP contribution in [0.25, 0.3) is 0 Å². The number of nitrogens with one attached hydrogen (secondary N) is 7. The van der Waals surface area contributed by atoms with E-state index in [0.29, 0.717) is 64.6 Å². The molecule has 6 aliphatic heterocycles. The molecule has 6 heterocycles. The molecule has 3 saturated carbocycles. The highest BCUT2D eigenvalue weighted by molar-refractivity contribution is 6.39. The minimum Gasteiger partial charge on any atom is -0.483 e. The second-order valence-corrected chi connectivity index (χ2v) is 43.0. The van der Waals surface area contributed by atoms with Crippen molar-refractivity contribution in [1.29, 1.82) is 0 Å². The summed E-state index contributed by atoms with van der Waals surface area (Å²) in [7, 11) is 0. The van der Waals surface area contributed by atoms with Gasteiger partial charge < -0.3 is 80.0 Å². The van der Waals surface area contributed by atoms with Crippen LogP contribution in [0.3, 0.4) is 0 Å². The SMILES string of the molecule is CC(=O)[C@@H](NC(=O)N[C@@H]1C(=O)N2CC3[C@@H]([C@H]2C(=O)N[C@H](C(=O)C(N)=O)CCCCCCCCCC1(C)C)C3(C)C)C(C)(C)C.CC(=O)[C@@H](NC(=O)N[C@@H]1C(=O)N2CC3[C@@H]([C@H]2C(=O)N[C@H](C(=O)C(N)=O)CCCCCCCCCC1(C)C)C3(C)C)C(C)(C)C.CC1(C)CCCCCCCCC[C@@H](C(=O)C(N)=O)NC(=O)[C@@H]2[C@@H]3C(CN2C(=O)[C@H]1N)C3(C)C.O=CO. The monoisotopic (exact) mass is 1740 g/mol. The summed E-state index contributed by atoms with van der Waals surface area (Å²) < 4.78 is 0. The Labute approximate surface area is 735 Å². The zero-order valence-corrected chi connectivity index (χ0v) is 78.1. The molecule has 32 nitrogen and oxygen atoms in total. The number of fused-ring (bicyclic) bond motifs is 9. The number of piperidine rings is 3. The Bertz CT molecular complexity index is 3720. The van der Waals surface area contributed by atoms with E-state index in [9.17, 15) is 76.7 Å². The Balaban J connectivity index is 0.000000286. The number of primary amides is 3. The first kappa shape index (κ1) is 104. The molecule has 16 N–H and O–H groups in total. The van der Waals surface area contributed by atoms with Gasteiger partial charge in [0, 0.05) is 19.6 Å². The van der Waals surface area contributed by atoms with Crippen molar-refractivity contribution in [3.05, 3.63) is 0 Å². The van der Waals surface area contributed by atoms with E-state index >= 15 is 0 Å². The van der Waals surface area contributed by atoms with Crippen molar-refractivity contribution in [2.45, 2.75) is 378 Å². The highest BCUT2D eigenvalue weighted by atomic mass is 16.3. The van der Waals surface area contributed by atoms with Crippen LogP contribution in [-0.4, -0.2) is 207 Å². The topological polar surface area (TPSA) is 508 Å². The van der Waals surface area contributed by atoms with Crippen molar-refractivity contribution in [1.82, 2.24) is 51.9 Å². The molecule has 17 atom stereocenters. The molecule has 9 fully saturated rings. The third-order valence-corrected chi connectivity index (χ3v) is 29.2. The number of urea groups is 2. The van der Waals surface area contributed by atoms with Crippen LogP contribution in [0.1, 0.15) is 312 Å². The maximum atomic E-state index is 14.5. The van der Waals surface area contributed by atoms with Crippen molar-refractivity contribution < 1.29 is 86.6 Å². The zero-order chi connectivity index (χ0) is 93.7. The van der Waals surface area contributed by atoms with Crippen LogP contribution < -0.4 is 60.2 Å². The van der Waals surface area contributed by atoms with E-state index in [4.69, 9.17) is 32.8 Å². The quantitative estimate of drug-likeness (QED) is 0.0649. The van der Waals surface area contributed by atoms with Gasteiger partial charge in [-0.25, -0.2) is 9.59 Å². The van der Waals surface area contributed by atoms with E-state index in [1.807, 2.05) is 83.1 Å². The third-order valence-electron chi connectivity index (χ3n) is 29.2. The van der Waals surface area contributed by atoms with Gasteiger partial charge in [0.25, 0.3) is 24.2 Å². The Morgan fingerprint density at radius 1 is 0.395 bits per heavy atom. The number of Topliss-reactive ketones (excluding diaryl/α,β-unsaturated/α-hetero) is 5. The van der Waals surface area contributed by atoms with Crippen molar-refractivity contribution in [3.8, 4) is 0 Å². The number of amides is 13. The molecule has 0 radical (unpaired) electrons. The average molecular weight is 1740 g/mol. The van der Waals surface area contributed by atoms with Gasteiger partial charge in [-0.1, -0.05) is 259 Å². The Morgan fingerprint density at radius 3 is 0.855 bits per heavy atom. The second kappa shape index (κ2) is 42.9. The van der Waals surface area contributed by atoms with Gasteiger partial charge in [0.1, 0.15) is 30.2 Å². The Kier molecular flexibility index (Phi) is 36.1.